The molecule has 0 spiro atoms. The van der Waals surface area contributed by atoms with Crippen LogP contribution >= 0.6 is 11.8 Å². The number of amides is 1. The van der Waals surface area contributed by atoms with Crippen LogP contribution in [0.5, 0.6) is 0 Å². The van der Waals surface area contributed by atoms with E-state index in [4.69, 9.17) is 0 Å². The fraction of sp³-hybridized carbons (Fsp3) is 0.286. The first-order valence-electron chi connectivity index (χ1n) is 8.89. The van der Waals surface area contributed by atoms with Crippen LogP contribution < -0.4 is 0 Å². The van der Waals surface area contributed by atoms with Gasteiger partial charge in [-0.3, -0.25) is 9.89 Å². The van der Waals surface area contributed by atoms with Crippen molar-refractivity contribution in [1.29, 1.82) is 0 Å². The van der Waals surface area contributed by atoms with Crippen molar-refractivity contribution in [2.24, 2.45) is 0 Å². The van der Waals surface area contributed by atoms with Gasteiger partial charge in [0.25, 0.3) is 5.91 Å². The van der Waals surface area contributed by atoms with Crippen LogP contribution in [0.1, 0.15) is 41.5 Å². The maximum Gasteiger partial charge on any atom is 0.253 e. The van der Waals surface area contributed by atoms with Crippen molar-refractivity contribution in [3.05, 3.63) is 65.5 Å². The fourth-order valence-corrected chi connectivity index (χ4v) is 3.27. The number of benzene rings is 2. The van der Waals surface area contributed by atoms with Crippen LogP contribution in [0.2, 0.25) is 0 Å². The highest BCUT2D eigenvalue weighted by molar-refractivity contribution is 7.98. The zero-order chi connectivity index (χ0) is 19.4. The van der Waals surface area contributed by atoms with Crippen molar-refractivity contribution in [3.8, 4) is 11.4 Å². The van der Waals surface area contributed by atoms with Crippen molar-refractivity contribution >= 4 is 17.7 Å². The number of hydrogen-bond acceptors (Lipinski definition) is 4. The molecule has 5 nitrogen and oxygen atoms in total. The minimum absolute atomic E-state index is 0.0222. The third-order valence-corrected chi connectivity index (χ3v) is 5.04. The normalized spacial score (nSPS) is 11.0. The van der Waals surface area contributed by atoms with Crippen molar-refractivity contribution in [3.63, 3.8) is 0 Å². The van der Waals surface area contributed by atoms with Gasteiger partial charge in [0.05, 0.1) is 0 Å². The molecule has 1 aromatic heterocycles. The van der Waals surface area contributed by atoms with E-state index in [-0.39, 0.29) is 11.8 Å². The number of nitrogens with zero attached hydrogens (tertiary/aromatic N) is 3. The summed E-state index contributed by atoms with van der Waals surface area (Å²) in [7, 11) is 1.82. The molecule has 0 saturated carbocycles. The highest BCUT2D eigenvalue weighted by Crippen LogP contribution is 2.21. The average Bonchev–Trinajstić information content (AvgIpc) is 3.18. The second-order valence-corrected chi connectivity index (χ2v) is 7.67. The largest absolute Gasteiger partial charge is 0.337 e. The molecule has 0 atom stereocenters. The first kappa shape index (κ1) is 19.2. The Hall–Kier alpha value is -2.60. The lowest BCUT2D eigenvalue weighted by Crippen LogP contribution is -2.26. The monoisotopic (exact) mass is 380 g/mol. The highest BCUT2D eigenvalue weighted by atomic mass is 32.2. The lowest BCUT2D eigenvalue weighted by atomic mass is 10.1. The molecule has 0 unspecified atom stereocenters. The molecule has 140 valence electrons. The lowest BCUT2D eigenvalue weighted by molar-refractivity contribution is 0.0785. The number of aromatic nitrogens is 3. The second-order valence-electron chi connectivity index (χ2n) is 6.79. The average molecular weight is 381 g/mol. The Bertz CT molecular complexity index is 935. The molecule has 1 heterocycles. The zero-order valence-corrected chi connectivity index (χ0v) is 16.9. The van der Waals surface area contributed by atoms with Crippen LogP contribution in [-0.2, 0) is 6.54 Å². The quantitative estimate of drug-likeness (QED) is 0.636. The lowest BCUT2D eigenvalue weighted by Gasteiger charge is -2.18. The molecular weight excluding hydrogens is 356 g/mol. The third kappa shape index (κ3) is 4.57. The van der Waals surface area contributed by atoms with E-state index < -0.39 is 0 Å². The molecule has 3 aromatic rings. The number of carbonyl (C=O) groups is 1. The first-order chi connectivity index (χ1) is 13.0. The van der Waals surface area contributed by atoms with Crippen LogP contribution in [-0.4, -0.2) is 39.3 Å². The van der Waals surface area contributed by atoms with E-state index in [0.29, 0.717) is 17.9 Å². The Morgan fingerprint density at radius 2 is 1.96 bits per heavy atom. The van der Waals surface area contributed by atoms with Crippen molar-refractivity contribution in [2.75, 3.05) is 13.3 Å². The molecule has 2 aromatic carbocycles. The van der Waals surface area contributed by atoms with Gasteiger partial charge in [-0.25, -0.2) is 4.98 Å². The Kier molecular flexibility index (Phi) is 5.96. The molecule has 0 saturated heterocycles. The molecule has 0 radical (unpaired) electrons. The smallest absolute Gasteiger partial charge is 0.253 e. The van der Waals surface area contributed by atoms with Gasteiger partial charge in [0.1, 0.15) is 5.82 Å². The van der Waals surface area contributed by atoms with E-state index >= 15 is 0 Å². The summed E-state index contributed by atoms with van der Waals surface area (Å²) >= 11 is 1.70. The summed E-state index contributed by atoms with van der Waals surface area (Å²) in [4.78, 5) is 20.3. The maximum atomic E-state index is 12.9. The summed E-state index contributed by atoms with van der Waals surface area (Å²) in [5.74, 6) is 1.71. The van der Waals surface area contributed by atoms with E-state index in [2.05, 4.69) is 41.2 Å². The number of thioether (sulfide) groups is 1. The van der Waals surface area contributed by atoms with Gasteiger partial charge in [0.15, 0.2) is 5.82 Å². The minimum Gasteiger partial charge on any atom is -0.337 e. The molecule has 1 amide bonds. The number of nitrogens with one attached hydrogen (secondary N) is 1. The molecule has 0 aliphatic carbocycles. The molecule has 0 aliphatic rings. The molecule has 3 rings (SSSR count). The number of rotatable bonds is 6. The van der Waals surface area contributed by atoms with Crippen LogP contribution in [0.4, 0.5) is 0 Å². The Morgan fingerprint density at radius 3 is 2.67 bits per heavy atom. The molecule has 6 heteroatoms. The number of H-pyrrole nitrogens is 1. The highest BCUT2D eigenvalue weighted by Gasteiger charge is 2.15. The second kappa shape index (κ2) is 8.39. The molecule has 27 heavy (non-hydrogen) atoms. The van der Waals surface area contributed by atoms with Gasteiger partial charge in [0, 0.05) is 35.5 Å². The van der Waals surface area contributed by atoms with Gasteiger partial charge in [-0.2, -0.15) is 5.10 Å². The summed E-state index contributed by atoms with van der Waals surface area (Å²) in [6.07, 6.45) is 2.05. The third-order valence-electron chi connectivity index (χ3n) is 4.32. The fourth-order valence-electron chi connectivity index (χ4n) is 2.79. The predicted octanol–water partition coefficient (Wildman–Crippen LogP) is 4.59. The van der Waals surface area contributed by atoms with E-state index in [1.54, 1.807) is 16.7 Å². The van der Waals surface area contributed by atoms with E-state index in [1.807, 2.05) is 49.7 Å². The maximum absolute atomic E-state index is 12.9. The van der Waals surface area contributed by atoms with E-state index in [1.165, 1.54) is 4.90 Å². The van der Waals surface area contributed by atoms with Crippen LogP contribution in [0.15, 0.2) is 53.4 Å². The van der Waals surface area contributed by atoms with Crippen molar-refractivity contribution < 1.29 is 4.79 Å². The van der Waals surface area contributed by atoms with E-state index in [9.17, 15) is 4.79 Å². The topological polar surface area (TPSA) is 61.9 Å². The Morgan fingerprint density at radius 1 is 1.19 bits per heavy atom. The van der Waals surface area contributed by atoms with Gasteiger partial charge in [-0.15, -0.1) is 11.8 Å². The van der Waals surface area contributed by atoms with Crippen molar-refractivity contribution in [2.45, 2.75) is 31.2 Å². The Labute approximate surface area is 164 Å². The van der Waals surface area contributed by atoms with E-state index in [0.717, 1.165) is 17.0 Å². The first-order valence-corrected chi connectivity index (χ1v) is 10.1. The SMILES string of the molecule is CSc1cccc(CN(C)C(=O)c2cccc(-c3n[nH]c(C(C)C)n3)c2)c1. The van der Waals surface area contributed by atoms with Gasteiger partial charge >= 0.3 is 0 Å². The summed E-state index contributed by atoms with van der Waals surface area (Å²) in [5.41, 5.74) is 2.58. The van der Waals surface area contributed by atoms with Gasteiger partial charge in [-0.1, -0.05) is 38.1 Å². The zero-order valence-electron chi connectivity index (χ0n) is 16.1. The number of hydrogen-bond donors (Lipinski definition) is 1. The molecule has 1 N–H and O–H groups in total. The standard InChI is InChI=1S/C21H24N4OS/c1-14(2)19-22-20(24-23-19)16-8-6-9-17(12-16)21(26)25(3)13-15-7-5-10-18(11-15)27-4/h5-12,14H,13H2,1-4H3,(H,22,23,24). The number of aromatic amines is 1. The van der Waals surface area contributed by atoms with Crippen LogP contribution in [0.3, 0.4) is 0 Å². The summed E-state index contributed by atoms with van der Waals surface area (Å²) in [5, 5.41) is 7.24. The molecule has 0 bridgehead atoms. The minimum atomic E-state index is -0.0222. The van der Waals surface area contributed by atoms with Gasteiger partial charge in [0.2, 0.25) is 0 Å². The van der Waals surface area contributed by atoms with Gasteiger partial charge in [-0.05, 0) is 36.1 Å². The number of carbonyl (C=O) groups excluding carboxylic acids is 1. The summed E-state index contributed by atoms with van der Waals surface area (Å²) in [6.45, 7) is 4.69. The summed E-state index contributed by atoms with van der Waals surface area (Å²) < 4.78 is 0. The van der Waals surface area contributed by atoms with Gasteiger partial charge < -0.3 is 4.90 Å². The van der Waals surface area contributed by atoms with Crippen LogP contribution in [0.25, 0.3) is 11.4 Å². The molecule has 0 fully saturated rings. The predicted molar refractivity (Wildman–Crippen MR) is 110 cm³/mol. The van der Waals surface area contributed by atoms with Crippen molar-refractivity contribution in [1.82, 2.24) is 20.1 Å². The Balaban J connectivity index is 1.77. The van der Waals surface area contributed by atoms with Crippen LogP contribution in [0, 0.1) is 0 Å². The molecular formula is C21H24N4OS. The molecule has 0 aliphatic heterocycles. The summed E-state index contributed by atoms with van der Waals surface area (Å²) in [6, 6.07) is 15.7.